The van der Waals surface area contributed by atoms with Crippen LogP contribution in [0.2, 0.25) is 0 Å². The van der Waals surface area contributed by atoms with Crippen molar-refractivity contribution < 1.29 is 16.8 Å². The number of rotatable bonds is 6. The van der Waals surface area contributed by atoms with E-state index in [0.717, 1.165) is 9.87 Å². The van der Waals surface area contributed by atoms with Crippen LogP contribution in [0.4, 0.5) is 11.4 Å². The van der Waals surface area contributed by atoms with E-state index in [1.807, 2.05) is 6.92 Å². The lowest BCUT2D eigenvalue weighted by Gasteiger charge is -2.21. The summed E-state index contributed by atoms with van der Waals surface area (Å²) in [6, 6.07) is 9.43. The number of benzene rings is 2. The molecule has 0 saturated heterocycles. The van der Waals surface area contributed by atoms with Gasteiger partial charge in [-0.05, 0) is 43.7 Å². The molecular weight excluding hydrogens is 386 g/mol. The Morgan fingerprint density at radius 3 is 2.00 bits per heavy atom. The Morgan fingerprint density at radius 1 is 0.852 bits per heavy atom. The van der Waals surface area contributed by atoms with Crippen LogP contribution in [0.3, 0.4) is 0 Å². The topological polar surface area (TPSA) is 86.8 Å². The molecule has 1 N–H and O–H groups in total. The Morgan fingerprint density at radius 2 is 1.48 bits per heavy atom. The maximum absolute atomic E-state index is 12.9. The molecule has 0 radical (unpaired) electrons. The van der Waals surface area contributed by atoms with Gasteiger partial charge in [0.05, 0.1) is 21.2 Å². The van der Waals surface area contributed by atoms with Gasteiger partial charge in [-0.15, -0.1) is 0 Å². The second-order valence-electron chi connectivity index (χ2n) is 6.74. The van der Waals surface area contributed by atoms with Crippen LogP contribution >= 0.6 is 0 Å². The molecule has 0 saturated carbocycles. The van der Waals surface area contributed by atoms with E-state index in [9.17, 15) is 16.8 Å². The van der Waals surface area contributed by atoms with Crippen LogP contribution in [0.15, 0.2) is 46.2 Å². The van der Waals surface area contributed by atoms with E-state index < -0.39 is 20.0 Å². The van der Waals surface area contributed by atoms with Crippen molar-refractivity contribution in [2.75, 3.05) is 37.8 Å². The minimum absolute atomic E-state index is 0.0106. The van der Waals surface area contributed by atoms with E-state index >= 15 is 0 Å². The van der Waals surface area contributed by atoms with E-state index in [0.29, 0.717) is 11.3 Å². The first-order chi connectivity index (χ1) is 12.4. The summed E-state index contributed by atoms with van der Waals surface area (Å²) in [7, 11) is -1.22. The van der Waals surface area contributed by atoms with Crippen LogP contribution in [-0.4, -0.2) is 49.3 Å². The number of hydrogen-bond acceptors (Lipinski definition) is 5. The summed E-state index contributed by atoms with van der Waals surface area (Å²) < 4.78 is 54.3. The van der Waals surface area contributed by atoms with Gasteiger partial charge in [0.25, 0.3) is 10.0 Å². The molecule has 2 rings (SSSR count). The summed E-state index contributed by atoms with van der Waals surface area (Å²) in [5, 5.41) is 0. The highest BCUT2D eigenvalue weighted by molar-refractivity contribution is 7.92. The van der Waals surface area contributed by atoms with Gasteiger partial charge >= 0.3 is 0 Å². The minimum Gasteiger partial charge on any atom is -0.376 e. The van der Waals surface area contributed by atoms with Crippen molar-refractivity contribution in [1.82, 2.24) is 4.31 Å². The summed E-state index contributed by atoms with van der Waals surface area (Å²) in [5.41, 5.74) is 2.33. The average Bonchev–Trinajstić information content (AvgIpc) is 2.53. The van der Waals surface area contributed by atoms with Crippen molar-refractivity contribution >= 4 is 31.4 Å². The quantitative estimate of drug-likeness (QED) is 0.789. The molecule has 9 heteroatoms. The molecule has 0 bridgehead atoms. The zero-order chi connectivity index (χ0) is 20.6. The van der Waals surface area contributed by atoms with E-state index in [4.69, 9.17) is 0 Å². The molecule has 0 aliphatic heterocycles. The van der Waals surface area contributed by atoms with Crippen molar-refractivity contribution in [3.05, 3.63) is 47.5 Å². The molecule has 0 aromatic heterocycles. The highest BCUT2D eigenvalue weighted by atomic mass is 32.2. The van der Waals surface area contributed by atoms with Crippen molar-refractivity contribution in [2.45, 2.75) is 23.6 Å². The molecule has 7 nitrogen and oxygen atoms in total. The minimum atomic E-state index is -3.88. The molecule has 0 amide bonds. The predicted octanol–water partition coefficient (Wildman–Crippen LogP) is 2.42. The average molecular weight is 412 g/mol. The largest absolute Gasteiger partial charge is 0.376 e. The van der Waals surface area contributed by atoms with Gasteiger partial charge in [-0.25, -0.2) is 21.1 Å². The number of nitrogens with one attached hydrogen (secondary N) is 1. The maximum Gasteiger partial charge on any atom is 0.262 e. The van der Waals surface area contributed by atoms with Gasteiger partial charge in [0.1, 0.15) is 0 Å². The number of nitrogens with zero attached hydrogens (tertiary/aromatic N) is 2. The first-order valence-corrected chi connectivity index (χ1v) is 11.1. The second-order valence-corrected chi connectivity index (χ2v) is 10.5. The summed E-state index contributed by atoms with van der Waals surface area (Å²) in [4.78, 5) is 1.88. The van der Waals surface area contributed by atoms with E-state index in [2.05, 4.69) is 4.72 Å². The van der Waals surface area contributed by atoms with Crippen LogP contribution in [0.1, 0.15) is 11.1 Å². The SMILES string of the molecule is Cc1ccc(S(=O)(=O)Nc2cc(S(=O)(=O)N(C)C)ccc2N(C)C)c(C)c1. The standard InChI is InChI=1S/C18H25N3O4S2/c1-13-7-10-18(14(2)11-13)26(22,23)19-16-12-15(27(24,25)21(5)6)8-9-17(16)20(3)4/h7-12,19H,1-6H3. The Labute approximate surface area is 161 Å². The van der Waals surface area contributed by atoms with E-state index in [1.54, 1.807) is 50.2 Å². The lowest BCUT2D eigenvalue weighted by molar-refractivity contribution is 0.521. The molecule has 27 heavy (non-hydrogen) atoms. The highest BCUT2D eigenvalue weighted by Crippen LogP contribution is 2.31. The fourth-order valence-corrected chi connectivity index (χ4v) is 4.88. The number of anilines is 2. The molecule has 0 heterocycles. The summed E-state index contributed by atoms with van der Waals surface area (Å²) in [6.45, 7) is 3.61. The normalized spacial score (nSPS) is 12.3. The lowest BCUT2D eigenvalue weighted by Crippen LogP contribution is -2.23. The molecule has 2 aromatic rings. The van der Waals surface area contributed by atoms with Crippen molar-refractivity contribution in [3.63, 3.8) is 0 Å². The second kappa shape index (κ2) is 7.49. The Hall–Kier alpha value is -2.10. The third kappa shape index (κ3) is 4.42. The van der Waals surface area contributed by atoms with Gasteiger partial charge < -0.3 is 4.90 Å². The third-order valence-electron chi connectivity index (χ3n) is 4.09. The molecule has 0 atom stereocenters. The molecule has 148 valence electrons. The van der Waals surface area contributed by atoms with E-state index in [1.165, 1.54) is 26.2 Å². The van der Waals surface area contributed by atoms with Crippen LogP contribution in [0.25, 0.3) is 0 Å². The summed E-state index contributed by atoms with van der Waals surface area (Å²) in [6.07, 6.45) is 0. The molecule has 0 fully saturated rings. The van der Waals surface area contributed by atoms with Crippen molar-refractivity contribution in [1.29, 1.82) is 0 Å². The molecular formula is C18H25N3O4S2. The Kier molecular flexibility index (Phi) is 5.88. The predicted molar refractivity (Wildman–Crippen MR) is 108 cm³/mol. The van der Waals surface area contributed by atoms with Gasteiger partial charge in [-0.2, -0.15) is 0 Å². The van der Waals surface area contributed by atoms with Crippen LogP contribution < -0.4 is 9.62 Å². The summed E-state index contributed by atoms with van der Waals surface area (Å²) >= 11 is 0. The molecule has 0 unspecified atom stereocenters. The van der Waals surface area contributed by atoms with E-state index in [-0.39, 0.29) is 15.5 Å². The molecule has 2 aromatic carbocycles. The van der Waals surface area contributed by atoms with Gasteiger partial charge in [0, 0.05) is 28.2 Å². The fourth-order valence-electron chi connectivity index (χ4n) is 2.66. The third-order valence-corrected chi connectivity index (χ3v) is 7.43. The first-order valence-electron chi connectivity index (χ1n) is 8.20. The molecule has 0 aliphatic carbocycles. The maximum atomic E-state index is 12.9. The highest BCUT2D eigenvalue weighted by Gasteiger charge is 2.23. The van der Waals surface area contributed by atoms with Crippen molar-refractivity contribution in [2.24, 2.45) is 0 Å². The van der Waals surface area contributed by atoms with Gasteiger partial charge in [-0.1, -0.05) is 17.7 Å². The van der Waals surface area contributed by atoms with Crippen LogP contribution in [0, 0.1) is 13.8 Å². The molecule has 0 spiro atoms. The zero-order valence-corrected chi connectivity index (χ0v) is 17.9. The fraction of sp³-hybridized carbons (Fsp3) is 0.333. The smallest absolute Gasteiger partial charge is 0.262 e. The zero-order valence-electron chi connectivity index (χ0n) is 16.3. The van der Waals surface area contributed by atoms with Crippen LogP contribution in [0.5, 0.6) is 0 Å². The van der Waals surface area contributed by atoms with Crippen molar-refractivity contribution in [3.8, 4) is 0 Å². The van der Waals surface area contributed by atoms with Gasteiger partial charge in [0.2, 0.25) is 10.0 Å². The number of hydrogen-bond donors (Lipinski definition) is 1. The Balaban J connectivity index is 2.59. The monoisotopic (exact) mass is 411 g/mol. The number of aryl methyl sites for hydroxylation is 2. The Bertz CT molecular complexity index is 1060. The van der Waals surface area contributed by atoms with Gasteiger partial charge in [0.15, 0.2) is 0 Å². The first kappa shape index (κ1) is 21.2. The molecule has 0 aliphatic rings. The van der Waals surface area contributed by atoms with Gasteiger partial charge in [-0.3, -0.25) is 4.72 Å². The van der Waals surface area contributed by atoms with Crippen LogP contribution in [-0.2, 0) is 20.0 Å². The summed E-state index contributed by atoms with van der Waals surface area (Å²) in [5.74, 6) is 0. The lowest BCUT2D eigenvalue weighted by atomic mass is 10.2. The number of sulfonamides is 2.